The Balaban J connectivity index is 2.08. The Bertz CT molecular complexity index is 1040. The highest BCUT2D eigenvalue weighted by molar-refractivity contribution is 7.16. The summed E-state index contributed by atoms with van der Waals surface area (Å²) in [6, 6.07) is 13.2. The molecule has 26 heavy (non-hydrogen) atoms. The highest BCUT2D eigenvalue weighted by atomic mass is 32.1. The number of carbonyl (C=O) groups excluding carboxylic acids is 1. The van der Waals surface area contributed by atoms with Gasteiger partial charge in [-0.05, 0) is 5.56 Å². The van der Waals surface area contributed by atoms with Crippen LogP contribution in [0, 0.1) is 12.3 Å². The summed E-state index contributed by atoms with van der Waals surface area (Å²) in [5, 5.41) is 0. The Morgan fingerprint density at radius 3 is 2.54 bits per heavy atom. The number of hydrogen-bond acceptors (Lipinski definition) is 4. The molecule has 0 aliphatic heterocycles. The molecule has 0 saturated heterocycles. The van der Waals surface area contributed by atoms with Crippen LogP contribution in [-0.4, -0.2) is 24.7 Å². The average molecular weight is 366 g/mol. The van der Waals surface area contributed by atoms with Crippen LogP contribution in [0.4, 0.5) is 0 Å². The number of hydrogen-bond donors (Lipinski definition) is 0. The van der Waals surface area contributed by atoms with E-state index in [9.17, 15) is 4.79 Å². The zero-order valence-electron chi connectivity index (χ0n) is 14.6. The van der Waals surface area contributed by atoms with Crippen molar-refractivity contribution < 1.29 is 14.3 Å². The molecule has 0 fully saturated rings. The molecule has 1 amide bonds. The molecule has 3 aromatic rings. The van der Waals surface area contributed by atoms with Crippen molar-refractivity contribution in [1.82, 2.24) is 4.57 Å². The number of carbonyl (C=O) groups is 1. The van der Waals surface area contributed by atoms with Crippen molar-refractivity contribution in [1.29, 1.82) is 0 Å². The first-order valence-corrected chi connectivity index (χ1v) is 8.78. The molecular formula is C20H18N2O3S. The molecule has 6 heteroatoms. The normalized spacial score (nSPS) is 11.3. The standard InChI is InChI=1S/C20H18N2O3S/c1-4-10-22-15-12-16(24-2)17(25-3)13-18(15)26-20(22)21-19(23)11-14-8-6-5-7-9-14/h1,5-9,12-13H,10-11H2,2-3H3. The van der Waals surface area contributed by atoms with Crippen LogP contribution in [0.1, 0.15) is 5.56 Å². The van der Waals surface area contributed by atoms with Crippen LogP contribution in [0.15, 0.2) is 47.5 Å². The minimum Gasteiger partial charge on any atom is -0.493 e. The van der Waals surface area contributed by atoms with E-state index in [1.54, 1.807) is 14.2 Å². The van der Waals surface area contributed by atoms with Crippen molar-refractivity contribution in [3.63, 3.8) is 0 Å². The van der Waals surface area contributed by atoms with Crippen molar-refractivity contribution in [2.75, 3.05) is 14.2 Å². The molecule has 5 nitrogen and oxygen atoms in total. The Kier molecular flexibility index (Phi) is 5.40. The smallest absolute Gasteiger partial charge is 0.252 e. The van der Waals surface area contributed by atoms with Crippen LogP contribution in [0.2, 0.25) is 0 Å². The lowest BCUT2D eigenvalue weighted by molar-refractivity contribution is -0.117. The number of nitrogens with zero attached hydrogens (tertiary/aromatic N) is 2. The number of aromatic nitrogens is 1. The summed E-state index contributed by atoms with van der Waals surface area (Å²) in [6.07, 6.45) is 5.76. The molecule has 1 aromatic heterocycles. The van der Waals surface area contributed by atoms with E-state index in [0.29, 0.717) is 22.8 Å². The summed E-state index contributed by atoms with van der Waals surface area (Å²) >= 11 is 1.40. The van der Waals surface area contributed by atoms with Gasteiger partial charge in [-0.3, -0.25) is 4.79 Å². The Morgan fingerprint density at radius 1 is 1.19 bits per heavy atom. The first-order valence-electron chi connectivity index (χ1n) is 7.96. The molecule has 0 saturated carbocycles. The van der Waals surface area contributed by atoms with Gasteiger partial charge < -0.3 is 14.0 Å². The number of terminal acetylenes is 1. The maximum Gasteiger partial charge on any atom is 0.252 e. The molecule has 0 unspecified atom stereocenters. The van der Waals surface area contributed by atoms with Gasteiger partial charge in [-0.1, -0.05) is 47.6 Å². The van der Waals surface area contributed by atoms with Crippen molar-refractivity contribution in [3.8, 4) is 23.8 Å². The van der Waals surface area contributed by atoms with E-state index in [1.807, 2.05) is 47.0 Å². The fourth-order valence-electron chi connectivity index (χ4n) is 2.64. The fourth-order valence-corrected chi connectivity index (χ4v) is 3.70. The van der Waals surface area contributed by atoms with Gasteiger partial charge in [0.05, 0.1) is 37.4 Å². The lowest BCUT2D eigenvalue weighted by atomic mass is 10.1. The van der Waals surface area contributed by atoms with E-state index >= 15 is 0 Å². The first kappa shape index (κ1) is 17.8. The van der Waals surface area contributed by atoms with E-state index in [-0.39, 0.29) is 12.3 Å². The summed E-state index contributed by atoms with van der Waals surface area (Å²) in [6.45, 7) is 0.312. The van der Waals surface area contributed by atoms with Gasteiger partial charge >= 0.3 is 0 Å². The third kappa shape index (κ3) is 3.63. The maximum atomic E-state index is 12.4. The second-order valence-electron chi connectivity index (χ2n) is 5.52. The quantitative estimate of drug-likeness (QED) is 0.652. The van der Waals surface area contributed by atoms with Crippen LogP contribution < -0.4 is 14.3 Å². The van der Waals surface area contributed by atoms with Gasteiger partial charge in [0.25, 0.3) is 5.91 Å². The number of benzene rings is 2. The van der Waals surface area contributed by atoms with E-state index in [4.69, 9.17) is 15.9 Å². The number of ether oxygens (including phenoxy) is 2. The van der Waals surface area contributed by atoms with Crippen molar-refractivity contribution >= 4 is 27.5 Å². The molecule has 132 valence electrons. The zero-order chi connectivity index (χ0) is 18.5. The highest BCUT2D eigenvalue weighted by Crippen LogP contribution is 2.33. The van der Waals surface area contributed by atoms with Gasteiger partial charge in [0.2, 0.25) is 0 Å². The molecule has 0 spiro atoms. The van der Waals surface area contributed by atoms with Gasteiger partial charge in [-0.25, -0.2) is 0 Å². The van der Waals surface area contributed by atoms with Crippen LogP contribution in [-0.2, 0) is 17.8 Å². The van der Waals surface area contributed by atoms with Crippen LogP contribution in [0.25, 0.3) is 10.2 Å². The molecule has 0 N–H and O–H groups in total. The number of thiazole rings is 1. The lowest BCUT2D eigenvalue weighted by Crippen LogP contribution is -2.17. The molecule has 3 rings (SSSR count). The number of fused-ring (bicyclic) bond motifs is 1. The van der Waals surface area contributed by atoms with Gasteiger partial charge in [-0.2, -0.15) is 4.99 Å². The highest BCUT2D eigenvalue weighted by Gasteiger charge is 2.13. The van der Waals surface area contributed by atoms with Gasteiger partial charge in [-0.15, -0.1) is 6.42 Å². The molecule has 0 bridgehead atoms. The predicted molar refractivity (Wildman–Crippen MR) is 102 cm³/mol. The molecule has 0 aliphatic carbocycles. The maximum absolute atomic E-state index is 12.4. The second kappa shape index (κ2) is 7.89. The summed E-state index contributed by atoms with van der Waals surface area (Å²) in [7, 11) is 3.16. The monoisotopic (exact) mass is 366 g/mol. The lowest BCUT2D eigenvalue weighted by Gasteiger charge is -2.08. The van der Waals surface area contributed by atoms with E-state index in [2.05, 4.69) is 10.9 Å². The van der Waals surface area contributed by atoms with E-state index < -0.39 is 0 Å². The van der Waals surface area contributed by atoms with Gasteiger partial charge in [0.1, 0.15) is 0 Å². The summed E-state index contributed by atoms with van der Waals surface area (Å²) in [5.41, 5.74) is 1.78. The van der Waals surface area contributed by atoms with E-state index in [1.165, 1.54) is 11.3 Å². The Morgan fingerprint density at radius 2 is 1.88 bits per heavy atom. The number of methoxy groups -OCH3 is 2. The third-order valence-corrected chi connectivity index (χ3v) is 4.90. The van der Waals surface area contributed by atoms with Gasteiger partial charge in [0.15, 0.2) is 16.3 Å². The second-order valence-corrected chi connectivity index (χ2v) is 6.53. The fraction of sp³-hybridized carbons (Fsp3) is 0.200. The van der Waals surface area contributed by atoms with Crippen LogP contribution in [0.5, 0.6) is 11.5 Å². The molecular weight excluding hydrogens is 348 g/mol. The Hall–Kier alpha value is -3.04. The summed E-state index contributed by atoms with van der Waals surface area (Å²) in [5.74, 6) is 3.63. The molecule has 0 atom stereocenters. The number of amides is 1. The molecule has 2 aromatic carbocycles. The summed E-state index contributed by atoms with van der Waals surface area (Å²) < 4.78 is 13.5. The van der Waals surface area contributed by atoms with Crippen LogP contribution in [0.3, 0.4) is 0 Å². The zero-order valence-corrected chi connectivity index (χ0v) is 15.4. The predicted octanol–water partition coefficient (Wildman–Crippen LogP) is 3.02. The first-order chi connectivity index (χ1) is 12.7. The molecule has 0 radical (unpaired) electrons. The van der Waals surface area contributed by atoms with Crippen molar-refractivity contribution in [2.45, 2.75) is 13.0 Å². The largest absolute Gasteiger partial charge is 0.493 e. The minimum absolute atomic E-state index is 0.215. The summed E-state index contributed by atoms with van der Waals surface area (Å²) in [4.78, 5) is 17.2. The van der Waals surface area contributed by atoms with Gasteiger partial charge in [0, 0.05) is 12.1 Å². The molecule has 0 aliphatic rings. The topological polar surface area (TPSA) is 52.8 Å². The minimum atomic E-state index is -0.215. The van der Waals surface area contributed by atoms with Crippen molar-refractivity contribution in [3.05, 3.63) is 52.8 Å². The van der Waals surface area contributed by atoms with E-state index in [0.717, 1.165) is 15.8 Å². The SMILES string of the molecule is C#CCn1c(=NC(=O)Cc2ccccc2)sc2cc(OC)c(OC)cc21. The molecule has 1 heterocycles. The van der Waals surface area contributed by atoms with Crippen LogP contribution >= 0.6 is 11.3 Å². The Labute approximate surface area is 155 Å². The van der Waals surface area contributed by atoms with Crippen molar-refractivity contribution in [2.24, 2.45) is 4.99 Å². The number of rotatable bonds is 5. The third-order valence-electron chi connectivity index (χ3n) is 3.86. The average Bonchev–Trinajstić information content (AvgIpc) is 2.97.